The van der Waals surface area contributed by atoms with Gasteiger partial charge in [0.25, 0.3) is 5.56 Å². The van der Waals surface area contributed by atoms with E-state index in [1.807, 2.05) is 0 Å². The maximum absolute atomic E-state index is 11.4. The number of pyridine rings is 1. The third-order valence-electron chi connectivity index (χ3n) is 2.00. The average Bonchev–Trinajstić information content (AvgIpc) is 2.22. The first kappa shape index (κ1) is 10.6. The molecule has 0 aliphatic carbocycles. The molecule has 2 rings (SSSR count). The smallest absolute Gasteiger partial charge is 0.295 e. The lowest BCUT2D eigenvalue weighted by Crippen LogP contribution is -2.29. The zero-order valence-corrected chi connectivity index (χ0v) is 8.94. The molecule has 0 atom stereocenters. The molecule has 0 aliphatic heterocycles. The number of aromatic amines is 1. The molecule has 5 nitrogen and oxygen atoms in total. The highest BCUT2D eigenvalue weighted by atomic mass is 35.5. The van der Waals surface area contributed by atoms with Crippen LogP contribution in [0.3, 0.4) is 0 Å². The highest BCUT2D eigenvalue weighted by Gasteiger charge is 2.00. The van der Waals surface area contributed by atoms with Gasteiger partial charge >= 0.3 is 5.69 Å². The molecule has 0 unspecified atom stereocenters. The van der Waals surface area contributed by atoms with E-state index in [9.17, 15) is 9.59 Å². The number of H-pyrrole nitrogens is 1. The minimum atomic E-state index is -0.464. The standard InChI is InChI=1S/C10H8ClN3O2/c11-8-3-1-2-7(12-8)6-14-5-4-9(15)13-10(14)16/h1-5H,6H2,(H,13,15,16). The summed E-state index contributed by atoms with van der Waals surface area (Å²) in [4.78, 5) is 28.4. The molecule has 0 aromatic carbocycles. The van der Waals surface area contributed by atoms with Gasteiger partial charge in [0.1, 0.15) is 5.15 Å². The minimum Gasteiger partial charge on any atom is -0.295 e. The molecule has 0 saturated carbocycles. The highest BCUT2D eigenvalue weighted by Crippen LogP contribution is 2.05. The van der Waals surface area contributed by atoms with E-state index in [1.54, 1.807) is 18.2 Å². The van der Waals surface area contributed by atoms with Crippen LogP contribution in [-0.2, 0) is 6.54 Å². The van der Waals surface area contributed by atoms with Crippen LogP contribution < -0.4 is 11.2 Å². The van der Waals surface area contributed by atoms with Gasteiger partial charge in [0.2, 0.25) is 0 Å². The summed E-state index contributed by atoms with van der Waals surface area (Å²) in [6.07, 6.45) is 1.42. The fourth-order valence-electron chi connectivity index (χ4n) is 1.28. The van der Waals surface area contributed by atoms with Gasteiger partial charge in [-0.25, -0.2) is 9.78 Å². The molecule has 0 fully saturated rings. The second-order valence-corrected chi connectivity index (χ2v) is 3.58. The molecule has 2 heterocycles. The largest absolute Gasteiger partial charge is 0.328 e. The van der Waals surface area contributed by atoms with Crippen LogP contribution in [0.15, 0.2) is 40.1 Å². The van der Waals surface area contributed by atoms with Gasteiger partial charge in [-0.15, -0.1) is 0 Å². The summed E-state index contributed by atoms with van der Waals surface area (Å²) in [7, 11) is 0. The van der Waals surface area contributed by atoms with Crippen molar-refractivity contribution in [3.8, 4) is 0 Å². The van der Waals surface area contributed by atoms with Crippen molar-refractivity contribution in [1.82, 2.24) is 14.5 Å². The molecular formula is C10H8ClN3O2. The van der Waals surface area contributed by atoms with Crippen LogP contribution in [-0.4, -0.2) is 14.5 Å². The Morgan fingerprint density at radius 2 is 2.12 bits per heavy atom. The summed E-state index contributed by atoms with van der Waals surface area (Å²) in [5, 5.41) is 0.370. The van der Waals surface area contributed by atoms with Crippen LogP contribution in [0, 0.1) is 0 Å². The van der Waals surface area contributed by atoms with Gasteiger partial charge in [0.05, 0.1) is 12.2 Å². The van der Waals surface area contributed by atoms with Crippen molar-refractivity contribution < 1.29 is 0 Å². The summed E-state index contributed by atoms with van der Waals surface area (Å²) in [6, 6.07) is 6.44. The summed E-state index contributed by atoms with van der Waals surface area (Å²) in [5.41, 5.74) is -0.226. The Kier molecular flexibility index (Phi) is 2.87. The molecule has 2 aromatic rings. The number of nitrogens with zero attached hydrogens (tertiary/aromatic N) is 2. The van der Waals surface area contributed by atoms with Crippen molar-refractivity contribution in [1.29, 1.82) is 0 Å². The Labute approximate surface area is 95.3 Å². The van der Waals surface area contributed by atoms with E-state index in [0.717, 1.165) is 0 Å². The zero-order valence-electron chi connectivity index (χ0n) is 8.18. The van der Waals surface area contributed by atoms with E-state index in [2.05, 4.69) is 9.97 Å². The normalized spacial score (nSPS) is 10.3. The maximum Gasteiger partial charge on any atom is 0.328 e. The molecule has 0 bridgehead atoms. The molecule has 16 heavy (non-hydrogen) atoms. The Bertz CT molecular complexity index is 618. The van der Waals surface area contributed by atoms with Crippen LogP contribution >= 0.6 is 11.6 Å². The lowest BCUT2D eigenvalue weighted by Gasteiger charge is -2.03. The topological polar surface area (TPSA) is 67.8 Å². The van der Waals surface area contributed by atoms with Crippen LogP contribution in [0.5, 0.6) is 0 Å². The Morgan fingerprint density at radius 3 is 2.81 bits per heavy atom. The molecule has 1 N–H and O–H groups in total. The monoisotopic (exact) mass is 237 g/mol. The Balaban J connectivity index is 2.34. The lowest BCUT2D eigenvalue weighted by atomic mass is 10.3. The van der Waals surface area contributed by atoms with Crippen LogP contribution in [0.1, 0.15) is 5.69 Å². The number of nitrogens with one attached hydrogen (secondary N) is 1. The summed E-state index contributed by atoms with van der Waals surface area (Å²) in [5.74, 6) is 0. The van der Waals surface area contributed by atoms with Gasteiger partial charge in [-0.05, 0) is 12.1 Å². The molecule has 6 heteroatoms. The molecule has 0 saturated heterocycles. The van der Waals surface area contributed by atoms with Crippen LogP contribution in [0.2, 0.25) is 5.15 Å². The minimum absolute atomic E-state index is 0.274. The number of hydrogen-bond donors (Lipinski definition) is 1. The SMILES string of the molecule is O=c1ccn(Cc2cccc(Cl)n2)c(=O)[nH]1. The van der Waals surface area contributed by atoms with Gasteiger partial charge in [0.15, 0.2) is 0 Å². The molecular weight excluding hydrogens is 230 g/mol. The number of aromatic nitrogens is 3. The summed E-state index contributed by atoms with van der Waals surface area (Å²) in [6.45, 7) is 0.274. The Hall–Kier alpha value is -1.88. The molecule has 0 amide bonds. The number of hydrogen-bond acceptors (Lipinski definition) is 3. The first-order chi connectivity index (χ1) is 7.65. The fraction of sp³-hybridized carbons (Fsp3) is 0.100. The molecule has 0 spiro atoms. The molecule has 82 valence electrons. The fourth-order valence-corrected chi connectivity index (χ4v) is 1.46. The van der Waals surface area contributed by atoms with E-state index in [-0.39, 0.29) is 6.54 Å². The van der Waals surface area contributed by atoms with Crippen molar-refractivity contribution in [2.75, 3.05) is 0 Å². The second kappa shape index (κ2) is 4.32. The number of rotatable bonds is 2. The van der Waals surface area contributed by atoms with E-state index < -0.39 is 11.2 Å². The maximum atomic E-state index is 11.4. The number of halogens is 1. The van der Waals surface area contributed by atoms with E-state index in [0.29, 0.717) is 10.8 Å². The van der Waals surface area contributed by atoms with Gasteiger partial charge < -0.3 is 0 Å². The van der Waals surface area contributed by atoms with E-state index in [1.165, 1.54) is 16.8 Å². The first-order valence-corrected chi connectivity index (χ1v) is 4.94. The average molecular weight is 238 g/mol. The summed E-state index contributed by atoms with van der Waals surface area (Å²) < 4.78 is 1.35. The van der Waals surface area contributed by atoms with Crippen molar-refractivity contribution in [3.63, 3.8) is 0 Å². The van der Waals surface area contributed by atoms with E-state index in [4.69, 9.17) is 11.6 Å². The molecule has 0 radical (unpaired) electrons. The first-order valence-electron chi connectivity index (χ1n) is 4.56. The zero-order chi connectivity index (χ0) is 11.5. The molecule has 0 aliphatic rings. The van der Waals surface area contributed by atoms with Crippen molar-refractivity contribution in [2.45, 2.75) is 6.54 Å². The van der Waals surface area contributed by atoms with Gasteiger partial charge in [-0.2, -0.15) is 0 Å². The quantitative estimate of drug-likeness (QED) is 0.779. The third-order valence-corrected chi connectivity index (χ3v) is 2.21. The highest BCUT2D eigenvalue weighted by molar-refractivity contribution is 6.29. The van der Waals surface area contributed by atoms with Gasteiger partial charge in [-0.1, -0.05) is 17.7 Å². The van der Waals surface area contributed by atoms with Crippen LogP contribution in [0.4, 0.5) is 0 Å². The van der Waals surface area contributed by atoms with E-state index >= 15 is 0 Å². The predicted octanol–water partition coefficient (Wildman–Crippen LogP) is 0.633. The Morgan fingerprint density at radius 1 is 1.31 bits per heavy atom. The van der Waals surface area contributed by atoms with Gasteiger partial charge in [0, 0.05) is 12.3 Å². The van der Waals surface area contributed by atoms with Crippen molar-refractivity contribution in [3.05, 3.63) is 62.1 Å². The summed E-state index contributed by atoms with van der Waals surface area (Å²) >= 11 is 5.72. The van der Waals surface area contributed by atoms with Crippen LogP contribution in [0.25, 0.3) is 0 Å². The van der Waals surface area contributed by atoms with Crippen molar-refractivity contribution >= 4 is 11.6 Å². The van der Waals surface area contributed by atoms with Crippen molar-refractivity contribution in [2.24, 2.45) is 0 Å². The molecule has 2 aromatic heterocycles. The van der Waals surface area contributed by atoms with Gasteiger partial charge in [-0.3, -0.25) is 14.3 Å². The predicted molar refractivity (Wildman–Crippen MR) is 59.7 cm³/mol. The second-order valence-electron chi connectivity index (χ2n) is 3.19. The lowest BCUT2D eigenvalue weighted by molar-refractivity contribution is 0.705. The third kappa shape index (κ3) is 2.38.